The van der Waals surface area contributed by atoms with E-state index in [9.17, 15) is 57.5 Å². The number of ether oxygens (including phenoxy) is 4. The van der Waals surface area contributed by atoms with Crippen LogP contribution in [0.4, 0.5) is 16.0 Å². The van der Waals surface area contributed by atoms with Gasteiger partial charge in [-0.1, -0.05) is 23.2 Å². The largest absolute Gasteiger partial charge is 0.480 e. The van der Waals surface area contributed by atoms with Crippen LogP contribution in [0.5, 0.6) is 0 Å². The maximum Gasteiger partial charge on any atom is 0.480 e. The Hall–Kier alpha value is -5.38. The lowest BCUT2D eigenvalue weighted by atomic mass is 10.0. The molecule has 2 aromatic carbocycles. The number of piperidine rings is 1. The van der Waals surface area contributed by atoms with E-state index in [1.54, 1.807) is 18.2 Å². The van der Waals surface area contributed by atoms with Crippen LogP contribution >= 0.6 is 15.6 Å². The number of fused-ring (bicyclic) bond motifs is 2. The standard InChI is InChI=1S/C39H48FN9O17P2/c40-23-6-4-22(5-7-23)18-47-21-49(34-31(47)36(55)46-39(41)45-34)38-33(53)32(52)28(65-38)20-64-68(59,60)66-67(57,58)42-11-13-62-15-17-63-16-14-61-12-10-30(51)43-26-3-1-2-24-25(26)19-48(37(24)56)27-8-9-29(50)44-35(27)54/h1-7,21,27-28,32-33,38,52-53H,8-20H2,(H7-,41,42,43,44,45,46,50,51,54,55,57,58,59,60)/p+1. The second-order valence-electron chi connectivity index (χ2n) is 15.6. The predicted molar refractivity (Wildman–Crippen MR) is 229 cm³/mol. The van der Waals surface area contributed by atoms with Gasteiger partial charge in [0.25, 0.3) is 17.4 Å². The van der Waals surface area contributed by atoms with Crippen LogP contribution in [0.3, 0.4) is 0 Å². The van der Waals surface area contributed by atoms with Crippen molar-refractivity contribution in [2.45, 2.75) is 62.9 Å². The Kier molecular flexibility index (Phi) is 16.3. The number of imidazole rings is 1. The van der Waals surface area contributed by atoms with Gasteiger partial charge in [0.15, 0.2) is 6.33 Å². The van der Waals surface area contributed by atoms with Crippen LogP contribution in [0, 0.1) is 5.82 Å². The van der Waals surface area contributed by atoms with E-state index in [4.69, 9.17) is 29.2 Å². The summed E-state index contributed by atoms with van der Waals surface area (Å²) in [5, 5.41) is 28.7. The fraction of sp³-hybridized carbons (Fsp3) is 0.462. The van der Waals surface area contributed by atoms with Gasteiger partial charge in [-0.15, -0.1) is 0 Å². The number of nitrogens with one attached hydrogen (secondary N) is 4. The van der Waals surface area contributed by atoms with E-state index in [2.05, 4.69) is 24.9 Å². The molecule has 2 aromatic heterocycles. The number of halogens is 1. The maximum absolute atomic E-state index is 13.5. The summed E-state index contributed by atoms with van der Waals surface area (Å²) < 4.78 is 72.5. The van der Waals surface area contributed by atoms with E-state index >= 15 is 0 Å². The number of aromatic nitrogens is 4. The van der Waals surface area contributed by atoms with Gasteiger partial charge >= 0.3 is 21.2 Å². The topological polar surface area (TPSA) is 359 Å². The second kappa shape index (κ2) is 21.9. The molecule has 7 rings (SSSR count). The minimum absolute atomic E-state index is 0.00141. The van der Waals surface area contributed by atoms with E-state index in [1.165, 1.54) is 44.6 Å². The Morgan fingerprint density at radius 2 is 1.69 bits per heavy atom. The lowest BCUT2D eigenvalue weighted by Crippen LogP contribution is -2.52. The monoisotopic (exact) mass is 996 g/mol. The molecular formula is C39H49FN9O17P2+. The predicted octanol–water partition coefficient (Wildman–Crippen LogP) is -0.936. The number of amides is 4. The fourth-order valence-electron chi connectivity index (χ4n) is 7.60. The molecule has 3 aliphatic rings. The molecule has 0 aliphatic carbocycles. The van der Waals surface area contributed by atoms with Crippen molar-refractivity contribution in [2.24, 2.45) is 0 Å². The van der Waals surface area contributed by atoms with Crippen molar-refractivity contribution >= 4 is 62.0 Å². The number of H-pyrrole nitrogens is 1. The molecule has 4 aromatic rings. The molecule has 0 spiro atoms. The SMILES string of the molecule is Nc1nc2c(c(=O)[nH]1)n(Cc1ccc(F)cc1)c[n+]2C1OC(COP(=O)(O)OP(=O)(O)NCCOCCOCCOCCC(=O)Nc2cccc3c2CN(C2CCC(=O)NC2=O)C3=O)C(O)C1O. The Morgan fingerprint density at radius 1 is 0.985 bits per heavy atom. The van der Waals surface area contributed by atoms with E-state index in [1.807, 2.05) is 5.09 Å². The summed E-state index contributed by atoms with van der Waals surface area (Å²) in [6.45, 7) is -0.710. The number of phosphoric acid groups is 1. The summed E-state index contributed by atoms with van der Waals surface area (Å²) in [4.78, 5) is 90.7. The molecule has 0 radical (unpaired) electrons. The Balaban J connectivity index is 0.758. The number of nitrogens with two attached hydrogens (primary N) is 1. The lowest BCUT2D eigenvalue weighted by Gasteiger charge is -2.29. The van der Waals surface area contributed by atoms with Gasteiger partial charge in [0, 0.05) is 36.3 Å². The number of carbonyl (C=O) groups excluding carboxylic acids is 4. The Labute approximate surface area is 384 Å². The lowest BCUT2D eigenvalue weighted by molar-refractivity contribution is -0.745. The molecule has 7 atom stereocenters. The van der Waals surface area contributed by atoms with Gasteiger partial charge < -0.3 is 54.9 Å². The molecule has 68 heavy (non-hydrogen) atoms. The third kappa shape index (κ3) is 12.4. The molecule has 3 aliphatic heterocycles. The van der Waals surface area contributed by atoms with E-state index in [-0.39, 0.29) is 113 Å². The highest BCUT2D eigenvalue weighted by Gasteiger charge is 2.48. The molecule has 2 fully saturated rings. The number of phosphoric ester groups is 1. The smallest absolute Gasteiger partial charge is 0.387 e. The molecule has 368 valence electrons. The number of imide groups is 1. The number of anilines is 2. The molecular weight excluding hydrogens is 947 g/mol. The Morgan fingerprint density at radius 3 is 2.41 bits per heavy atom. The third-order valence-corrected chi connectivity index (χ3v) is 13.6. The normalized spacial score (nSPS) is 22.3. The second-order valence-corrected chi connectivity index (χ2v) is 18.8. The highest BCUT2D eigenvalue weighted by Crippen LogP contribution is 2.57. The van der Waals surface area contributed by atoms with Crippen LogP contribution < -0.4 is 31.6 Å². The summed E-state index contributed by atoms with van der Waals surface area (Å²) >= 11 is 0. The van der Waals surface area contributed by atoms with E-state index < -0.39 is 70.0 Å². The summed E-state index contributed by atoms with van der Waals surface area (Å²) in [6, 6.07) is 9.56. The first kappa shape index (κ1) is 50.5. The number of benzene rings is 2. The Bertz CT molecular complexity index is 2670. The average molecular weight is 997 g/mol. The fourth-order valence-corrected chi connectivity index (χ4v) is 9.85. The van der Waals surface area contributed by atoms with Gasteiger partial charge in [-0.3, -0.25) is 43.4 Å². The van der Waals surface area contributed by atoms with Gasteiger partial charge in [-0.25, -0.2) is 23.2 Å². The number of aliphatic hydroxyl groups excluding tert-OH is 2. The van der Waals surface area contributed by atoms with Crippen molar-refractivity contribution in [2.75, 3.05) is 63.8 Å². The van der Waals surface area contributed by atoms with Crippen molar-refractivity contribution in [1.29, 1.82) is 0 Å². The molecule has 10 N–H and O–H groups in total. The molecule has 4 amide bonds. The van der Waals surface area contributed by atoms with Gasteiger partial charge in [0.1, 0.15) is 30.2 Å². The number of nitrogens with zero attached hydrogens (tertiary/aromatic N) is 4. The van der Waals surface area contributed by atoms with Crippen LogP contribution in [-0.4, -0.2) is 140 Å². The molecule has 0 saturated carbocycles. The van der Waals surface area contributed by atoms with E-state index in [0.29, 0.717) is 22.4 Å². The van der Waals surface area contributed by atoms with Crippen LogP contribution in [-0.2, 0) is 64.4 Å². The molecule has 29 heteroatoms. The zero-order valence-electron chi connectivity index (χ0n) is 35.9. The van der Waals surface area contributed by atoms with E-state index in [0.717, 1.165) is 0 Å². The number of aliphatic hydroxyl groups is 2. The van der Waals surface area contributed by atoms with Crippen LogP contribution in [0.1, 0.15) is 47.0 Å². The number of aromatic amines is 1. The van der Waals surface area contributed by atoms with Gasteiger partial charge in [0.05, 0.1) is 59.2 Å². The summed E-state index contributed by atoms with van der Waals surface area (Å²) in [6.07, 6.45) is -4.71. The number of rotatable bonds is 23. The van der Waals surface area contributed by atoms with Gasteiger partial charge in [0.2, 0.25) is 29.5 Å². The molecule has 2 saturated heterocycles. The quantitative estimate of drug-likeness (QED) is 0.0187. The number of carbonyl (C=O) groups is 4. The van der Waals surface area contributed by atoms with Crippen LogP contribution in [0.15, 0.2) is 53.6 Å². The summed E-state index contributed by atoms with van der Waals surface area (Å²) in [5.41, 5.74) is 7.01. The first-order valence-corrected chi connectivity index (χ1v) is 24.1. The molecule has 7 unspecified atom stereocenters. The molecule has 0 bridgehead atoms. The molecule has 5 heterocycles. The first-order chi connectivity index (χ1) is 32.4. The highest BCUT2D eigenvalue weighted by molar-refractivity contribution is 7.62. The van der Waals surface area contributed by atoms with Crippen molar-refractivity contribution in [3.05, 3.63) is 81.7 Å². The maximum atomic E-state index is 13.5. The first-order valence-electron chi connectivity index (χ1n) is 21.0. The van der Waals surface area contributed by atoms with Crippen LogP contribution in [0.25, 0.3) is 11.2 Å². The van der Waals surface area contributed by atoms with Crippen LogP contribution in [0.2, 0.25) is 0 Å². The van der Waals surface area contributed by atoms with Crippen molar-refractivity contribution in [3.63, 3.8) is 0 Å². The van der Waals surface area contributed by atoms with Gasteiger partial charge in [-0.05, 0) is 36.2 Å². The zero-order chi connectivity index (χ0) is 48.8. The third-order valence-electron chi connectivity index (χ3n) is 10.8. The minimum Gasteiger partial charge on any atom is -0.387 e. The van der Waals surface area contributed by atoms with Crippen molar-refractivity contribution in [1.82, 2.24) is 29.8 Å². The average Bonchev–Trinajstić information content (AvgIpc) is 3.90. The number of nitrogen functional groups attached to an aromatic ring is 1. The summed E-state index contributed by atoms with van der Waals surface area (Å²) in [7, 11) is -10.3. The van der Waals surface area contributed by atoms with Crippen molar-refractivity contribution in [3.8, 4) is 0 Å². The molecule has 26 nitrogen and oxygen atoms in total. The minimum atomic E-state index is -5.30. The van der Waals surface area contributed by atoms with Crippen molar-refractivity contribution < 1.29 is 85.0 Å². The van der Waals surface area contributed by atoms with Gasteiger partial charge in [-0.2, -0.15) is 4.31 Å². The number of hydrogen-bond donors (Lipinski definition) is 9. The highest BCUT2D eigenvalue weighted by atomic mass is 31.3. The zero-order valence-corrected chi connectivity index (χ0v) is 37.7. The number of hydrogen-bond acceptors (Lipinski definition) is 17. The summed E-state index contributed by atoms with van der Waals surface area (Å²) in [5.74, 6) is -2.39.